The maximum atomic E-state index is 2.39. The predicted molar refractivity (Wildman–Crippen MR) is 117 cm³/mol. The smallest absolute Gasteiger partial charge is 0.0162 e. The van der Waals surface area contributed by atoms with E-state index in [0.29, 0.717) is 0 Å². The first-order chi connectivity index (χ1) is 13.2. The minimum atomic E-state index is 0.840. The fourth-order valence-electron chi connectivity index (χ4n) is 6.92. The maximum Gasteiger partial charge on any atom is -0.0162 e. The zero-order valence-corrected chi connectivity index (χ0v) is 18.0. The van der Waals surface area contributed by atoms with Crippen molar-refractivity contribution in [3.63, 3.8) is 0 Å². The van der Waals surface area contributed by atoms with Gasteiger partial charge in [-0.2, -0.15) is 0 Å². The molecule has 0 aliphatic heterocycles. The molecule has 0 atom stereocenters. The quantitative estimate of drug-likeness (QED) is 0.502. The molecule has 3 saturated carbocycles. The van der Waals surface area contributed by atoms with Gasteiger partial charge in [0, 0.05) is 0 Å². The van der Waals surface area contributed by atoms with E-state index in [2.05, 4.69) is 38.1 Å². The summed E-state index contributed by atoms with van der Waals surface area (Å²) in [5, 5.41) is 0. The molecule has 0 heteroatoms. The van der Waals surface area contributed by atoms with Crippen LogP contribution in [-0.2, 0) is 0 Å². The molecule has 0 N–H and O–H groups in total. The molecular weight excluding hydrogens is 324 g/mol. The van der Waals surface area contributed by atoms with E-state index in [1.54, 1.807) is 44.1 Å². The van der Waals surface area contributed by atoms with Crippen molar-refractivity contribution < 1.29 is 0 Å². The first-order valence-electron chi connectivity index (χ1n) is 12.3. The molecule has 27 heavy (non-hydrogen) atoms. The SMILES string of the molecule is CC[C@H]1CC[C@H]([C@H]2CC[C@H]([C@H]3CC[C@H](c4ccc(C)cc4)CC3)CC2)CC1. The summed E-state index contributed by atoms with van der Waals surface area (Å²) in [7, 11) is 0. The molecule has 0 radical (unpaired) electrons. The van der Waals surface area contributed by atoms with Gasteiger partial charge in [0.15, 0.2) is 0 Å². The fraction of sp³-hybridized carbons (Fsp3) is 0.778. The molecule has 1 aromatic rings. The van der Waals surface area contributed by atoms with E-state index >= 15 is 0 Å². The van der Waals surface area contributed by atoms with Crippen LogP contribution in [0.5, 0.6) is 0 Å². The summed E-state index contributed by atoms with van der Waals surface area (Å²) in [6, 6.07) is 9.38. The Balaban J connectivity index is 1.21. The normalized spacial score (nSPS) is 37.9. The number of aryl methyl sites for hydroxylation is 1. The molecule has 0 amide bonds. The largest absolute Gasteiger partial charge is 0.0651 e. The predicted octanol–water partition coefficient (Wildman–Crippen LogP) is 8.29. The summed E-state index contributed by atoms with van der Waals surface area (Å²) in [5.41, 5.74) is 3.00. The second-order valence-electron chi connectivity index (χ2n) is 10.4. The van der Waals surface area contributed by atoms with E-state index in [0.717, 1.165) is 35.5 Å². The molecule has 3 aliphatic carbocycles. The Morgan fingerprint density at radius 1 is 0.593 bits per heavy atom. The van der Waals surface area contributed by atoms with E-state index in [1.165, 1.54) is 50.5 Å². The maximum absolute atomic E-state index is 2.39. The summed E-state index contributed by atoms with van der Waals surface area (Å²) in [4.78, 5) is 0. The van der Waals surface area contributed by atoms with Gasteiger partial charge < -0.3 is 0 Å². The molecule has 0 nitrogen and oxygen atoms in total. The van der Waals surface area contributed by atoms with Gasteiger partial charge in [0.05, 0.1) is 0 Å². The highest BCUT2D eigenvalue weighted by Gasteiger charge is 2.34. The Kier molecular flexibility index (Phi) is 6.62. The Bertz CT molecular complexity index is 546. The van der Waals surface area contributed by atoms with Crippen molar-refractivity contribution in [1.29, 1.82) is 0 Å². The molecule has 4 rings (SSSR count). The third-order valence-electron chi connectivity index (χ3n) is 8.94. The Hall–Kier alpha value is -0.780. The van der Waals surface area contributed by atoms with Crippen LogP contribution in [-0.4, -0.2) is 0 Å². The zero-order chi connectivity index (χ0) is 18.6. The lowest BCUT2D eigenvalue weighted by molar-refractivity contribution is 0.109. The van der Waals surface area contributed by atoms with Gasteiger partial charge in [0.2, 0.25) is 0 Å². The van der Waals surface area contributed by atoms with Crippen LogP contribution in [0.4, 0.5) is 0 Å². The van der Waals surface area contributed by atoms with Gasteiger partial charge in [-0.15, -0.1) is 0 Å². The number of benzene rings is 1. The minimum absolute atomic E-state index is 0.840. The molecule has 3 fully saturated rings. The molecule has 0 aromatic heterocycles. The highest BCUT2D eigenvalue weighted by molar-refractivity contribution is 5.24. The Labute approximate surface area is 168 Å². The lowest BCUT2D eigenvalue weighted by atomic mass is 9.64. The van der Waals surface area contributed by atoms with Crippen molar-refractivity contribution in [2.75, 3.05) is 0 Å². The van der Waals surface area contributed by atoms with Crippen LogP contribution < -0.4 is 0 Å². The molecule has 1 aromatic carbocycles. The van der Waals surface area contributed by atoms with Crippen molar-refractivity contribution in [3.05, 3.63) is 35.4 Å². The third kappa shape index (κ3) is 4.80. The summed E-state index contributed by atoms with van der Waals surface area (Å²) >= 11 is 0. The van der Waals surface area contributed by atoms with Crippen LogP contribution >= 0.6 is 0 Å². The average Bonchev–Trinajstić information content (AvgIpc) is 2.75. The summed E-state index contributed by atoms with van der Waals surface area (Å²) in [6.07, 6.45) is 19.7. The molecule has 3 aliphatic rings. The van der Waals surface area contributed by atoms with Crippen LogP contribution in [0.1, 0.15) is 107 Å². The fourth-order valence-corrected chi connectivity index (χ4v) is 6.92. The molecule has 0 bridgehead atoms. The standard InChI is InChI=1S/C27H42/c1-3-21-6-10-23(11-7-21)25-14-18-27(19-15-25)26-16-12-24(13-17-26)22-8-4-20(2)5-9-22/h4-5,8-9,21,23-27H,3,6-7,10-19H2,1-2H3/t21-,23-,24-,25-,26-,27-. The summed E-state index contributed by atoms with van der Waals surface area (Å²) < 4.78 is 0. The van der Waals surface area contributed by atoms with Crippen LogP contribution in [0.25, 0.3) is 0 Å². The lowest BCUT2D eigenvalue weighted by Crippen LogP contribution is -2.29. The molecular formula is C27H42. The first-order valence-corrected chi connectivity index (χ1v) is 12.3. The van der Waals surface area contributed by atoms with E-state index in [1.807, 2.05) is 0 Å². The molecule has 150 valence electrons. The van der Waals surface area contributed by atoms with Crippen LogP contribution in [0.2, 0.25) is 0 Å². The monoisotopic (exact) mass is 366 g/mol. The van der Waals surface area contributed by atoms with E-state index < -0.39 is 0 Å². The van der Waals surface area contributed by atoms with Gasteiger partial charge in [-0.1, -0.05) is 56.0 Å². The van der Waals surface area contributed by atoms with E-state index in [9.17, 15) is 0 Å². The van der Waals surface area contributed by atoms with Crippen molar-refractivity contribution in [1.82, 2.24) is 0 Å². The van der Waals surface area contributed by atoms with Gasteiger partial charge in [-0.05, 0) is 112 Å². The highest BCUT2D eigenvalue weighted by Crippen LogP contribution is 2.47. The minimum Gasteiger partial charge on any atom is -0.0651 e. The number of rotatable bonds is 4. The van der Waals surface area contributed by atoms with E-state index in [4.69, 9.17) is 0 Å². The third-order valence-corrected chi connectivity index (χ3v) is 8.94. The zero-order valence-electron chi connectivity index (χ0n) is 18.0. The van der Waals surface area contributed by atoms with Crippen LogP contribution in [0, 0.1) is 36.5 Å². The molecule has 0 heterocycles. The molecule has 0 spiro atoms. The number of hydrogen-bond donors (Lipinski definition) is 0. The summed E-state index contributed by atoms with van der Waals surface area (Å²) in [6.45, 7) is 4.59. The van der Waals surface area contributed by atoms with E-state index in [-0.39, 0.29) is 0 Å². The van der Waals surface area contributed by atoms with Gasteiger partial charge in [-0.3, -0.25) is 0 Å². The summed E-state index contributed by atoms with van der Waals surface area (Å²) in [5.74, 6) is 6.18. The van der Waals surface area contributed by atoms with Gasteiger partial charge in [0.25, 0.3) is 0 Å². The van der Waals surface area contributed by atoms with Gasteiger partial charge in [-0.25, -0.2) is 0 Å². The number of hydrogen-bond acceptors (Lipinski definition) is 0. The van der Waals surface area contributed by atoms with Crippen molar-refractivity contribution in [3.8, 4) is 0 Å². The van der Waals surface area contributed by atoms with Gasteiger partial charge in [0.1, 0.15) is 0 Å². The van der Waals surface area contributed by atoms with Crippen molar-refractivity contribution in [2.24, 2.45) is 29.6 Å². The van der Waals surface area contributed by atoms with Crippen molar-refractivity contribution in [2.45, 2.75) is 103 Å². The second kappa shape index (κ2) is 9.15. The first kappa shape index (κ1) is 19.5. The Morgan fingerprint density at radius 3 is 1.44 bits per heavy atom. The average molecular weight is 367 g/mol. The lowest BCUT2D eigenvalue weighted by Gasteiger charge is -2.41. The van der Waals surface area contributed by atoms with Gasteiger partial charge >= 0.3 is 0 Å². The molecule has 0 saturated heterocycles. The second-order valence-corrected chi connectivity index (χ2v) is 10.4. The molecule has 0 unspecified atom stereocenters. The Morgan fingerprint density at radius 2 is 1.00 bits per heavy atom. The van der Waals surface area contributed by atoms with Crippen molar-refractivity contribution >= 4 is 0 Å². The topological polar surface area (TPSA) is 0 Å². The highest BCUT2D eigenvalue weighted by atomic mass is 14.4. The van der Waals surface area contributed by atoms with Crippen LogP contribution in [0.3, 0.4) is 0 Å². The van der Waals surface area contributed by atoms with Crippen LogP contribution in [0.15, 0.2) is 24.3 Å².